The number of rotatable bonds is 2. The van der Waals surface area contributed by atoms with Crippen LogP contribution in [0.1, 0.15) is 28.3 Å². The van der Waals surface area contributed by atoms with E-state index in [1.165, 1.54) is 11.1 Å². The van der Waals surface area contributed by atoms with Crippen molar-refractivity contribution in [3.8, 4) is 0 Å². The van der Waals surface area contributed by atoms with Crippen molar-refractivity contribution < 1.29 is 0 Å². The van der Waals surface area contributed by atoms with Crippen LogP contribution in [0, 0.1) is 13.8 Å². The lowest BCUT2D eigenvalue weighted by Gasteiger charge is -2.17. The van der Waals surface area contributed by atoms with Crippen molar-refractivity contribution in [3.63, 3.8) is 0 Å². The molecule has 0 spiro atoms. The van der Waals surface area contributed by atoms with Gasteiger partial charge in [0.15, 0.2) is 0 Å². The second kappa shape index (κ2) is 5.06. The van der Waals surface area contributed by atoms with Crippen LogP contribution in [0.25, 0.3) is 10.9 Å². The molecule has 100 valence electrons. The van der Waals surface area contributed by atoms with E-state index in [0.717, 1.165) is 22.0 Å². The molecule has 1 aromatic heterocycles. The van der Waals surface area contributed by atoms with Crippen molar-refractivity contribution in [3.05, 3.63) is 77.0 Å². The summed E-state index contributed by atoms with van der Waals surface area (Å²) in [4.78, 5) is 4.49. The van der Waals surface area contributed by atoms with Crippen LogP contribution in [-0.4, -0.2) is 4.98 Å². The quantitative estimate of drug-likeness (QED) is 0.760. The van der Waals surface area contributed by atoms with Crippen molar-refractivity contribution in [2.45, 2.75) is 19.9 Å². The van der Waals surface area contributed by atoms with E-state index >= 15 is 0 Å². The maximum atomic E-state index is 6.49. The Morgan fingerprint density at radius 1 is 0.950 bits per heavy atom. The molecule has 0 saturated carbocycles. The molecule has 0 aliphatic rings. The van der Waals surface area contributed by atoms with Crippen LogP contribution in [0.4, 0.5) is 0 Å². The van der Waals surface area contributed by atoms with E-state index in [1.807, 2.05) is 18.3 Å². The summed E-state index contributed by atoms with van der Waals surface area (Å²) in [6, 6.07) is 16.5. The molecule has 2 nitrogen and oxygen atoms in total. The predicted molar refractivity (Wildman–Crippen MR) is 83.7 cm³/mol. The van der Waals surface area contributed by atoms with Gasteiger partial charge in [0.1, 0.15) is 0 Å². The molecule has 2 N–H and O–H groups in total. The van der Waals surface area contributed by atoms with Crippen LogP contribution in [0.5, 0.6) is 0 Å². The fourth-order valence-electron chi connectivity index (χ4n) is 2.72. The number of aromatic nitrogens is 1. The Morgan fingerprint density at radius 2 is 1.75 bits per heavy atom. The fraction of sp³-hybridized carbons (Fsp3) is 0.167. The number of nitrogens with two attached hydrogens (primary N) is 1. The number of benzene rings is 2. The summed E-state index contributed by atoms with van der Waals surface area (Å²) in [5.41, 5.74) is 12.2. The highest BCUT2D eigenvalue weighted by molar-refractivity contribution is 5.82. The molecule has 0 aliphatic heterocycles. The Bertz CT molecular complexity index is 757. The molecule has 0 amide bonds. The molecular formula is C18H18N2. The van der Waals surface area contributed by atoms with Crippen LogP contribution in [0.2, 0.25) is 0 Å². The minimum absolute atomic E-state index is 0.144. The molecule has 2 heteroatoms. The Balaban J connectivity index is 2.15. The van der Waals surface area contributed by atoms with Gasteiger partial charge in [0, 0.05) is 11.6 Å². The molecule has 0 fully saturated rings. The summed E-state index contributed by atoms with van der Waals surface area (Å²) in [5, 5.41) is 1.13. The highest BCUT2D eigenvalue weighted by atomic mass is 14.7. The number of para-hydroxylation sites is 1. The van der Waals surface area contributed by atoms with E-state index < -0.39 is 0 Å². The first-order valence-electron chi connectivity index (χ1n) is 6.83. The minimum atomic E-state index is -0.144. The molecule has 1 heterocycles. The summed E-state index contributed by atoms with van der Waals surface area (Å²) in [6.45, 7) is 4.21. The lowest BCUT2D eigenvalue weighted by molar-refractivity contribution is 0.866. The standard InChI is InChI=1S/C18H18N2/c1-12-8-9-15(13(2)11-12)17(19)16-7-3-5-14-6-4-10-20-18(14)16/h3-11,17H,19H2,1-2H3. The molecule has 0 saturated heterocycles. The predicted octanol–water partition coefficient (Wildman–Crippen LogP) is 3.90. The third-order valence-corrected chi connectivity index (χ3v) is 3.76. The molecular weight excluding hydrogens is 244 g/mol. The van der Waals surface area contributed by atoms with Crippen molar-refractivity contribution in [1.82, 2.24) is 4.98 Å². The topological polar surface area (TPSA) is 38.9 Å². The second-order valence-electron chi connectivity index (χ2n) is 5.26. The number of hydrogen-bond donors (Lipinski definition) is 1. The van der Waals surface area contributed by atoms with E-state index in [0.29, 0.717) is 0 Å². The highest BCUT2D eigenvalue weighted by Gasteiger charge is 2.14. The normalized spacial score (nSPS) is 12.6. The van der Waals surface area contributed by atoms with Gasteiger partial charge in [-0.1, -0.05) is 48.0 Å². The number of pyridine rings is 1. The smallest absolute Gasteiger partial charge is 0.0753 e. The van der Waals surface area contributed by atoms with E-state index in [2.05, 4.69) is 55.2 Å². The molecule has 0 radical (unpaired) electrons. The summed E-state index contributed by atoms with van der Waals surface area (Å²) >= 11 is 0. The molecule has 0 bridgehead atoms. The minimum Gasteiger partial charge on any atom is -0.320 e. The first kappa shape index (κ1) is 12.8. The summed E-state index contributed by atoms with van der Waals surface area (Å²) in [5.74, 6) is 0. The number of nitrogens with zero attached hydrogens (tertiary/aromatic N) is 1. The van der Waals surface area contributed by atoms with Gasteiger partial charge in [-0.15, -0.1) is 0 Å². The largest absolute Gasteiger partial charge is 0.320 e. The average molecular weight is 262 g/mol. The molecule has 3 rings (SSSR count). The third kappa shape index (κ3) is 2.19. The molecule has 2 aromatic carbocycles. The van der Waals surface area contributed by atoms with Gasteiger partial charge in [-0.25, -0.2) is 0 Å². The van der Waals surface area contributed by atoms with Gasteiger partial charge in [-0.05, 0) is 36.6 Å². The lowest BCUT2D eigenvalue weighted by Crippen LogP contribution is -2.14. The maximum absolute atomic E-state index is 6.49. The van der Waals surface area contributed by atoms with Gasteiger partial charge in [0.25, 0.3) is 0 Å². The summed E-state index contributed by atoms with van der Waals surface area (Å²) in [7, 11) is 0. The van der Waals surface area contributed by atoms with E-state index in [1.54, 1.807) is 0 Å². The van der Waals surface area contributed by atoms with Crippen molar-refractivity contribution in [2.24, 2.45) is 5.73 Å². The first-order valence-corrected chi connectivity index (χ1v) is 6.83. The zero-order chi connectivity index (χ0) is 14.1. The average Bonchev–Trinajstić information content (AvgIpc) is 2.46. The molecule has 1 atom stereocenters. The van der Waals surface area contributed by atoms with Gasteiger partial charge >= 0.3 is 0 Å². The van der Waals surface area contributed by atoms with Crippen molar-refractivity contribution >= 4 is 10.9 Å². The summed E-state index contributed by atoms with van der Waals surface area (Å²) in [6.07, 6.45) is 1.82. The summed E-state index contributed by atoms with van der Waals surface area (Å²) < 4.78 is 0. The number of hydrogen-bond acceptors (Lipinski definition) is 2. The Morgan fingerprint density at radius 3 is 2.55 bits per heavy atom. The Labute approximate surface area is 119 Å². The highest BCUT2D eigenvalue weighted by Crippen LogP contribution is 2.28. The molecule has 0 aliphatic carbocycles. The van der Waals surface area contributed by atoms with Crippen LogP contribution in [0.15, 0.2) is 54.7 Å². The van der Waals surface area contributed by atoms with Gasteiger partial charge in [0.05, 0.1) is 11.6 Å². The Kier molecular flexibility index (Phi) is 3.25. The van der Waals surface area contributed by atoms with Gasteiger partial charge < -0.3 is 5.73 Å². The zero-order valence-electron chi connectivity index (χ0n) is 11.8. The molecule has 20 heavy (non-hydrogen) atoms. The Hall–Kier alpha value is -2.19. The van der Waals surface area contributed by atoms with Crippen molar-refractivity contribution in [2.75, 3.05) is 0 Å². The third-order valence-electron chi connectivity index (χ3n) is 3.76. The lowest BCUT2D eigenvalue weighted by atomic mass is 9.93. The molecule has 3 aromatic rings. The SMILES string of the molecule is Cc1ccc(C(N)c2cccc3cccnc23)c(C)c1. The maximum Gasteiger partial charge on any atom is 0.0753 e. The van der Waals surface area contributed by atoms with E-state index in [4.69, 9.17) is 5.73 Å². The second-order valence-corrected chi connectivity index (χ2v) is 5.26. The van der Waals surface area contributed by atoms with Gasteiger partial charge in [-0.3, -0.25) is 4.98 Å². The number of aryl methyl sites for hydroxylation is 2. The van der Waals surface area contributed by atoms with E-state index in [-0.39, 0.29) is 6.04 Å². The fourth-order valence-corrected chi connectivity index (χ4v) is 2.72. The van der Waals surface area contributed by atoms with E-state index in [9.17, 15) is 0 Å². The van der Waals surface area contributed by atoms with Crippen LogP contribution < -0.4 is 5.73 Å². The van der Waals surface area contributed by atoms with Crippen LogP contribution in [-0.2, 0) is 0 Å². The van der Waals surface area contributed by atoms with Gasteiger partial charge in [0.2, 0.25) is 0 Å². The zero-order valence-corrected chi connectivity index (χ0v) is 11.8. The van der Waals surface area contributed by atoms with Crippen molar-refractivity contribution in [1.29, 1.82) is 0 Å². The monoisotopic (exact) mass is 262 g/mol. The van der Waals surface area contributed by atoms with Crippen LogP contribution >= 0.6 is 0 Å². The number of fused-ring (bicyclic) bond motifs is 1. The van der Waals surface area contributed by atoms with Gasteiger partial charge in [-0.2, -0.15) is 0 Å². The molecule has 1 unspecified atom stereocenters. The van der Waals surface area contributed by atoms with Crippen LogP contribution in [0.3, 0.4) is 0 Å². The first-order chi connectivity index (χ1) is 9.66.